The lowest BCUT2D eigenvalue weighted by atomic mass is 9.93. The molecule has 0 saturated carbocycles. The van der Waals surface area contributed by atoms with Crippen molar-refractivity contribution in [2.45, 2.75) is 13.3 Å². The average molecular weight is 312 g/mol. The van der Waals surface area contributed by atoms with Gasteiger partial charge in [0, 0.05) is 0 Å². The Morgan fingerprint density at radius 3 is 2.33 bits per heavy atom. The maximum absolute atomic E-state index is 5.46. The second-order valence-electron chi connectivity index (χ2n) is 6.33. The number of hydrogen-bond donors (Lipinski definition) is 0. The van der Waals surface area contributed by atoms with Gasteiger partial charge >= 0.3 is 0 Å². The molecule has 118 valence electrons. The van der Waals surface area contributed by atoms with E-state index in [1.807, 2.05) is 6.07 Å². The predicted molar refractivity (Wildman–Crippen MR) is 102 cm³/mol. The number of rotatable bonds is 3. The fourth-order valence-electron chi connectivity index (χ4n) is 3.36. The summed E-state index contributed by atoms with van der Waals surface area (Å²) in [4.78, 5) is 0. The molecule has 0 aliphatic heterocycles. The minimum absolute atomic E-state index is 0.905. The lowest BCUT2D eigenvalue weighted by molar-refractivity contribution is 0.415. The van der Waals surface area contributed by atoms with Crippen LogP contribution in [0.1, 0.15) is 16.7 Å². The Labute approximate surface area is 142 Å². The molecule has 0 N–H and O–H groups in total. The summed E-state index contributed by atoms with van der Waals surface area (Å²) >= 11 is 0. The summed E-state index contributed by atoms with van der Waals surface area (Å²) in [6.45, 7) is 2.13. The minimum atomic E-state index is 0.905. The van der Waals surface area contributed by atoms with E-state index in [2.05, 4.69) is 73.7 Å². The molecule has 0 amide bonds. The Bertz CT molecular complexity index is 1010. The SMILES string of the molecule is COc1ccc2c(c1)c(Cc1ccc(C)cc1)cc1ccccc12. The topological polar surface area (TPSA) is 9.23 Å². The summed E-state index contributed by atoms with van der Waals surface area (Å²) in [5.41, 5.74) is 3.97. The highest BCUT2D eigenvalue weighted by Gasteiger charge is 2.08. The van der Waals surface area contributed by atoms with Gasteiger partial charge < -0.3 is 4.74 Å². The third-order valence-corrected chi connectivity index (χ3v) is 4.67. The number of aryl methyl sites for hydroxylation is 1. The molecule has 4 rings (SSSR count). The molecule has 1 nitrogen and oxygen atoms in total. The number of methoxy groups -OCH3 is 1. The van der Waals surface area contributed by atoms with Gasteiger partial charge in [-0.15, -0.1) is 0 Å². The fourth-order valence-corrected chi connectivity index (χ4v) is 3.36. The molecule has 0 fully saturated rings. The van der Waals surface area contributed by atoms with E-state index in [1.165, 1.54) is 38.2 Å². The van der Waals surface area contributed by atoms with Gasteiger partial charge in [-0.1, -0.05) is 66.2 Å². The molecule has 4 aromatic carbocycles. The first-order chi connectivity index (χ1) is 11.7. The molecule has 0 aliphatic rings. The zero-order chi connectivity index (χ0) is 16.5. The van der Waals surface area contributed by atoms with Crippen molar-refractivity contribution in [3.63, 3.8) is 0 Å². The predicted octanol–water partition coefficient (Wildman–Crippen LogP) is 5.90. The summed E-state index contributed by atoms with van der Waals surface area (Å²) in [5, 5.41) is 5.14. The first-order valence-corrected chi connectivity index (χ1v) is 8.28. The molecule has 1 heteroatoms. The third-order valence-electron chi connectivity index (χ3n) is 4.67. The van der Waals surface area contributed by atoms with Crippen molar-refractivity contribution >= 4 is 21.5 Å². The number of benzene rings is 4. The normalized spacial score (nSPS) is 11.1. The van der Waals surface area contributed by atoms with E-state index < -0.39 is 0 Å². The number of fused-ring (bicyclic) bond motifs is 3. The van der Waals surface area contributed by atoms with E-state index in [0.29, 0.717) is 0 Å². The molecule has 0 spiro atoms. The largest absolute Gasteiger partial charge is 0.497 e. The third kappa shape index (κ3) is 2.63. The zero-order valence-electron chi connectivity index (χ0n) is 14.0. The second kappa shape index (κ2) is 6.01. The van der Waals surface area contributed by atoms with Crippen LogP contribution in [0.4, 0.5) is 0 Å². The molecular weight excluding hydrogens is 292 g/mol. The maximum atomic E-state index is 5.46. The van der Waals surface area contributed by atoms with Gasteiger partial charge in [0.2, 0.25) is 0 Å². The summed E-state index contributed by atoms with van der Waals surface area (Å²) in [7, 11) is 1.72. The molecule has 0 bridgehead atoms. The Balaban J connectivity index is 1.95. The van der Waals surface area contributed by atoms with Crippen molar-refractivity contribution < 1.29 is 4.74 Å². The van der Waals surface area contributed by atoms with Gasteiger partial charge in [-0.3, -0.25) is 0 Å². The summed E-state index contributed by atoms with van der Waals surface area (Å²) in [6.07, 6.45) is 0.925. The van der Waals surface area contributed by atoms with Crippen molar-refractivity contribution in [2.75, 3.05) is 7.11 Å². The van der Waals surface area contributed by atoms with E-state index in [0.717, 1.165) is 12.2 Å². The molecule has 0 atom stereocenters. The monoisotopic (exact) mass is 312 g/mol. The summed E-state index contributed by atoms with van der Waals surface area (Å²) in [5.74, 6) is 0.905. The van der Waals surface area contributed by atoms with Crippen molar-refractivity contribution in [3.05, 3.63) is 89.5 Å². The molecule has 0 aromatic heterocycles. The Hall–Kier alpha value is -2.80. The summed E-state index contributed by atoms with van der Waals surface area (Å²) in [6, 6.07) is 26.1. The second-order valence-corrected chi connectivity index (χ2v) is 6.33. The van der Waals surface area contributed by atoms with E-state index in [9.17, 15) is 0 Å². The molecular formula is C23H20O. The van der Waals surface area contributed by atoms with Crippen LogP contribution in [-0.4, -0.2) is 7.11 Å². The maximum Gasteiger partial charge on any atom is 0.119 e. The van der Waals surface area contributed by atoms with Crippen molar-refractivity contribution in [1.82, 2.24) is 0 Å². The van der Waals surface area contributed by atoms with Crippen LogP contribution >= 0.6 is 0 Å². The first kappa shape index (κ1) is 14.8. The van der Waals surface area contributed by atoms with Crippen LogP contribution in [0.15, 0.2) is 72.8 Å². The lowest BCUT2D eigenvalue weighted by Crippen LogP contribution is -1.93. The van der Waals surface area contributed by atoms with Crippen LogP contribution in [-0.2, 0) is 6.42 Å². The van der Waals surface area contributed by atoms with Gasteiger partial charge in [-0.2, -0.15) is 0 Å². The van der Waals surface area contributed by atoms with Crippen molar-refractivity contribution in [2.24, 2.45) is 0 Å². The van der Waals surface area contributed by atoms with Crippen LogP contribution in [0.3, 0.4) is 0 Å². The first-order valence-electron chi connectivity index (χ1n) is 8.28. The van der Waals surface area contributed by atoms with Crippen LogP contribution in [0.25, 0.3) is 21.5 Å². The Morgan fingerprint density at radius 2 is 1.54 bits per heavy atom. The van der Waals surface area contributed by atoms with E-state index in [4.69, 9.17) is 4.74 Å². The van der Waals surface area contributed by atoms with Gasteiger partial charge in [0.05, 0.1) is 7.11 Å². The van der Waals surface area contributed by atoms with Crippen LogP contribution in [0.2, 0.25) is 0 Å². The highest BCUT2D eigenvalue weighted by molar-refractivity contribution is 6.09. The molecule has 0 radical (unpaired) electrons. The minimum Gasteiger partial charge on any atom is -0.497 e. The quantitative estimate of drug-likeness (QED) is 0.428. The van der Waals surface area contributed by atoms with Crippen LogP contribution < -0.4 is 4.74 Å². The standard InChI is InChI=1S/C23H20O/c1-16-7-9-17(10-8-16)13-19-14-18-5-3-4-6-21(18)22-12-11-20(24-2)15-23(19)22/h3-12,14-15H,13H2,1-2H3. The molecule has 24 heavy (non-hydrogen) atoms. The van der Waals surface area contributed by atoms with Gasteiger partial charge in [-0.05, 0) is 58.1 Å². The van der Waals surface area contributed by atoms with Crippen molar-refractivity contribution in [1.29, 1.82) is 0 Å². The van der Waals surface area contributed by atoms with E-state index >= 15 is 0 Å². The molecule has 0 heterocycles. The van der Waals surface area contributed by atoms with E-state index in [1.54, 1.807) is 7.11 Å². The Morgan fingerprint density at radius 1 is 0.750 bits per heavy atom. The highest BCUT2D eigenvalue weighted by atomic mass is 16.5. The molecule has 0 aliphatic carbocycles. The fraction of sp³-hybridized carbons (Fsp3) is 0.130. The Kier molecular flexibility index (Phi) is 3.70. The van der Waals surface area contributed by atoms with Gasteiger partial charge in [0.1, 0.15) is 5.75 Å². The van der Waals surface area contributed by atoms with Gasteiger partial charge in [0.15, 0.2) is 0 Å². The zero-order valence-corrected chi connectivity index (χ0v) is 14.0. The van der Waals surface area contributed by atoms with Gasteiger partial charge in [-0.25, -0.2) is 0 Å². The molecule has 0 unspecified atom stereocenters. The number of ether oxygens (including phenoxy) is 1. The molecule has 4 aromatic rings. The number of hydrogen-bond acceptors (Lipinski definition) is 1. The van der Waals surface area contributed by atoms with Crippen molar-refractivity contribution in [3.8, 4) is 5.75 Å². The average Bonchev–Trinajstić information content (AvgIpc) is 2.63. The van der Waals surface area contributed by atoms with Crippen LogP contribution in [0, 0.1) is 6.92 Å². The van der Waals surface area contributed by atoms with Crippen LogP contribution in [0.5, 0.6) is 5.75 Å². The highest BCUT2D eigenvalue weighted by Crippen LogP contribution is 2.32. The summed E-state index contributed by atoms with van der Waals surface area (Å²) < 4.78 is 5.46. The smallest absolute Gasteiger partial charge is 0.119 e. The van der Waals surface area contributed by atoms with E-state index in [-0.39, 0.29) is 0 Å². The molecule has 0 saturated heterocycles. The van der Waals surface area contributed by atoms with Gasteiger partial charge in [0.25, 0.3) is 0 Å². The lowest BCUT2D eigenvalue weighted by Gasteiger charge is -2.12.